The molecule has 0 fully saturated rings. The first-order valence-electron chi connectivity index (χ1n) is 5.61. The van der Waals surface area contributed by atoms with Gasteiger partial charge in [-0.15, -0.1) is 0 Å². The Morgan fingerprint density at radius 2 is 2.26 bits per heavy atom. The zero-order valence-corrected chi connectivity index (χ0v) is 11.5. The van der Waals surface area contributed by atoms with Gasteiger partial charge in [0, 0.05) is 17.3 Å². The van der Waals surface area contributed by atoms with E-state index in [0.29, 0.717) is 16.3 Å². The van der Waals surface area contributed by atoms with Gasteiger partial charge in [0.2, 0.25) is 0 Å². The highest BCUT2D eigenvalue weighted by molar-refractivity contribution is 7.07. The van der Waals surface area contributed by atoms with Gasteiger partial charge < -0.3 is 16.2 Å². The third-order valence-electron chi connectivity index (χ3n) is 2.64. The molecule has 0 saturated carbocycles. The molecule has 1 heterocycles. The molecule has 0 radical (unpaired) electrons. The van der Waals surface area contributed by atoms with E-state index < -0.39 is 6.10 Å². The van der Waals surface area contributed by atoms with Crippen LogP contribution in [-0.4, -0.2) is 17.6 Å². The van der Waals surface area contributed by atoms with Gasteiger partial charge in [0.15, 0.2) is 0 Å². The molecular weight excluding hydrogens is 284 g/mol. The number of nitrogens with one attached hydrogen (secondary N) is 1. The fourth-order valence-corrected chi connectivity index (χ4v) is 2.47. The third kappa shape index (κ3) is 3.47. The van der Waals surface area contributed by atoms with E-state index in [2.05, 4.69) is 5.32 Å². The van der Waals surface area contributed by atoms with Crippen LogP contribution in [0.2, 0.25) is 5.02 Å². The number of thiophene rings is 1. The third-order valence-corrected chi connectivity index (χ3v) is 3.58. The van der Waals surface area contributed by atoms with E-state index in [-0.39, 0.29) is 12.5 Å². The number of carbonyl (C=O) groups is 1. The van der Waals surface area contributed by atoms with Crippen LogP contribution in [0.4, 0.5) is 5.69 Å². The summed E-state index contributed by atoms with van der Waals surface area (Å²) in [5.41, 5.74) is 7.16. The lowest BCUT2D eigenvalue weighted by Crippen LogP contribution is -2.28. The van der Waals surface area contributed by atoms with Crippen molar-refractivity contribution >= 4 is 34.5 Å². The molecule has 100 valence electrons. The van der Waals surface area contributed by atoms with Crippen LogP contribution in [0.3, 0.4) is 0 Å². The second kappa shape index (κ2) is 6.06. The number of aliphatic hydroxyl groups excluding tert-OH is 1. The van der Waals surface area contributed by atoms with Crippen molar-refractivity contribution in [2.75, 3.05) is 12.3 Å². The van der Waals surface area contributed by atoms with Crippen LogP contribution < -0.4 is 11.1 Å². The van der Waals surface area contributed by atoms with E-state index in [0.717, 1.165) is 5.56 Å². The number of hydrogen-bond donors (Lipinski definition) is 3. The lowest BCUT2D eigenvalue weighted by Gasteiger charge is -2.11. The molecule has 1 amide bonds. The Labute approximate surface area is 119 Å². The van der Waals surface area contributed by atoms with E-state index in [4.69, 9.17) is 17.3 Å². The fraction of sp³-hybridized carbons (Fsp3) is 0.154. The van der Waals surface area contributed by atoms with E-state index >= 15 is 0 Å². The van der Waals surface area contributed by atoms with Gasteiger partial charge in [-0.3, -0.25) is 4.79 Å². The maximum atomic E-state index is 11.9. The molecule has 6 heteroatoms. The van der Waals surface area contributed by atoms with Crippen molar-refractivity contribution in [3.05, 3.63) is 51.2 Å². The summed E-state index contributed by atoms with van der Waals surface area (Å²) >= 11 is 7.31. The summed E-state index contributed by atoms with van der Waals surface area (Å²) in [4.78, 5) is 11.9. The van der Waals surface area contributed by atoms with Gasteiger partial charge in [-0.25, -0.2) is 0 Å². The maximum Gasteiger partial charge on any atom is 0.253 e. The Morgan fingerprint density at radius 3 is 2.95 bits per heavy atom. The summed E-state index contributed by atoms with van der Waals surface area (Å²) in [6.45, 7) is 0.127. The number of nitrogens with two attached hydrogens (primary N) is 1. The van der Waals surface area contributed by atoms with E-state index in [1.807, 2.05) is 16.8 Å². The van der Waals surface area contributed by atoms with Crippen molar-refractivity contribution in [1.29, 1.82) is 0 Å². The molecule has 0 aliphatic carbocycles. The highest BCUT2D eigenvalue weighted by atomic mass is 35.5. The molecule has 0 saturated heterocycles. The van der Waals surface area contributed by atoms with Crippen molar-refractivity contribution < 1.29 is 9.90 Å². The maximum absolute atomic E-state index is 11.9. The number of rotatable bonds is 4. The molecule has 0 bridgehead atoms. The van der Waals surface area contributed by atoms with Crippen LogP contribution in [0.1, 0.15) is 22.0 Å². The first kappa shape index (κ1) is 13.9. The lowest BCUT2D eigenvalue weighted by atomic mass is 10.1. The predicted octanol–water partition coefficient (Wildman–Crippen LogP) is 2.45. The summed E-state index contributed by atoms with van der Waals surface area (Å²) in [6.07, 6.45) is -0.726. The van der Waals surface area contributed by atoms with Crippen LogP contribution in [0.25, 0.3) is 0 Å². The van der Waals surface area contributed by atoms with Gasteiger partial charge in [0.05, 0.1) is 11.7 Å². The first-order valence-corrected chi connectivity index (χ1v) is 6.93. The molecule has 0 aliphatic heterocycles. The molecule has 1 aromatic heterocycles. The van der Waals surface area contributed by atoms with Gasteiger partial charge in [-0.05, 0) is 40.6 Å². The largest absolute Gasteiger partial charge is 0.398 e. The number of aliphatic hydroxyl groups is 1. The fourth-order valence-electron chi connectivity index (χ4n) is 1.59. The summed E-state index contributed by atoms with van der Waals surface area (Å²) in [5.74, 6) is -0.353. The average molecular weight is 297 g/mol. The second-order valence-electron chi connectivity index (χ2n) is 4.01. The number of anilines is 1. The zero-order chi connectivity index (χ0) is 13.8. The number of amides is 1. The SMILES string of the molecule is Nc1ccc(Cl)cc1C(=O)NCC(O)c1ccsc1. The highest BCUT2D eigenvalue weighted by Crippen LogP contribution is 2.19. The monoisotopic (exact) mass is 296 g/mol. The molecule has 19 heavy (non-hydrogen) atoms. The topological polar surface area (TPSA) is 75.4 Å². The Morgan fingerprint density at radius 1 is 1.47 bits per heavy atom. The first-order chi connectivity index (χ1) is 9.08. The molecule has 1 unspecified atom stereocenters. The van der Waals surface area contributed by atoms with E-state index in [9.17, 15) is 9.90 Å². The van der Waals surface area contributed by atoms with E-state index in [1.165, 1.54) is 17.4 Å². The minimum Gasteiger partial charge on any atom is -0.398 e. The van der Waals surface area contributed by atoms with Crippen LogP contribution in [-0.2, 0) is 0 Å². The van der Waals surface area contributed by atoms with E-state index in [1.54, 1.807) is 12.1 Å². The predicted molar refractivity (Wildman–Crippen MR) is 77.5 cm³/mol. The minimum atomic E-state index is -0.726. The number of nitrogen functional groups attached to an aromatic ring is 1. The lowest BCUT2D eigenvalue weighted by molar-refractivity contribution is 0.0917. The van der Waals surface area contributed by atoms with Gasteiger partial charge in [-0.2, -0.15) is 11.3 Å². The molecule has 2 rings (SSSR count). The van der Waals surface area contributed by atoms with Gasteiger partial charge in [-0.1, -0.05) is 11.6 Å². The quantitative estimate of drug-likeness (QED) is 0.759. The Hall–Kier alpha value is -1.56. The summed E-state index contributed by atoms with van der Waals surface area (Å²) in [7, 11) is 0. The number of hydrogen-bond acceptors (Lipinski definition) is 4. The van der Waals surface area contributed by atoms with Crippen molar-refractivity contribution in [2.45, 2.75) is 6.10 Å². The normalized spacial score (nSPS) is 12.1. The molecule has 2 aromatic rings. The molecule has 1 atom stereocenters. The molecule has 4 N–H and O–H groups in total. The highest BCUT2D eigenvalue weighted by Gasteiger charge is 2.13. The smallest absolute Gasteiger partial charge is 0.253 e. The van der Waals surface area contributed by atoms with Crippen LogP contribution in [0.5, 0.6) is 0 Å². The second-order valence-corrected chi connectivity index (χ2v) is 5.23. The van der Waals surface area contributed by atoms with Crippen molar-refractivity contribution in [1.82, 2.24) is 5.32 Å². The Bertz CT molecular complexity index is 572. The number of benzene rings is 1. The standard InChI is InChI=1S/C13H13ClN2O2S/c14-9-1-2-11(15)10(5-9)13(18)16-6-12(17)8-3-4-19-7-8/h1-5,7,12,17H,6,15H2,(H,16,18). The molecule has 4 nitrogen and oxygen atoms in total. The zero-order valence-electron chi connectivity index (χ0n) is 9.97. The van der Waals surface area contributed by atoms with Crippen molar-refractivity contribution in [3.8, 4) is 0 Å². The van der Waals surface area contributed by atoms with Gasteiger partial charge in [0.1, 0.15) is 0 Å². The van der Waals surface area contributed by atoms with Crippen LogP contribution in [0.15, 0.2) is 35.0 Å². The number of carbonyl (C=O) groups excluding carboxylic acids is 1. The minimum absolute atomic E-state index is 0.127. The van der Waals surface area contributed by atoms with Crippen molar-refractivity contribution in [2.24, 2.45) is 0 Å². The number of halogens is 1. The molecule has 0 aliphatic rings. The molecular formula is C13H13ClN2O2S. The van der Waals surface area contributed by atoms with Crippen LogP contribution >= 0.6 is 22.9 Å². The summed E-state index contributed by atoms with van der Waals surface area (Å²) in [6, 6.07) is 6.51. The summed E-state index contributed by atoms with van der Waals surface area (Å²) < 4.78 is 0. The van der Waals surface area contributed by atoms with Gasteiger partial charge in [0.25, 0.3) is 5.91 Å². The Balaban J connectivity index is 2.00. The average Bonchev–Trinajstić information content (AvgIpc) is 2.92. The molecule has 1 aromatic carbocycles. The summed E-state index contributed by atoms with van der Waals surface area (Å²) in [5, 5.41) is 16.6. The van der Waals surface area contributed by atoms with Gasteiger partial charge >= 0.3 is 0 Å². The van der Waals surface area contributed by atoms with Crippen molar-refractivity contribution in [3.63, 3.8) is 0 Å². The molecule has 0 spiro atoms. The van der Waals surface area contributed by atoms with Crippen LogP contribution in [0, 0.1) is 0 Å². The Kier molecular flexibility index (Phi) is 4.42.